The molecule has 0 aliphatic heterocycles. The van der Waals surface area contributed by atoms with Crippen molar-refractivity contribution in [2.75, 3.05) is 0 Å². The number of hydrogen-bond acceptors (Lipinski definition) is 2. The number of amides is 2. The van der Waals surface area contributed by atoms with E-state index in [2.05, 4.69) is 5.32 Å². The van der Waals surface area contributed by atoms with Gasteiger partial charge in [0.2, 0.25) is 5.91 Å². The Kier molecular flexibility index (Phi) is 5.41. The number of rotatable bonds is 5. The molecule has 0 aromatic heterocycles. The Bertz CT molecular complexity index is 690. The molecule has 1 atom stereocenters. The van der Waals surface area contributed by atoms with E-state index >= 15 is 0 Å². The molecular formula is C16H14Cl2N2O2. The molecule has 0 heterocycles. The van der Waals surface area contributed by atoms with Gasteiger partial charge in [0, 0.05) is 12.0 Å². The standard InChI is InChI=1S/C16H14Cl2N2O2/c17-12-7-6-11(9-13(12)18)16(22)20-14(15(19)21)8-10-4-2-1-3-5-10/h1-7,9,14H,8H2,(H2,19,21)(H,20,22). The highest BCUT2D eigenvalue weighted by atomic mass is 35.5. The minimum absolute atomic E-state index is 0.271. The maximum absolute atomic E-state index is 12.2. The summed E-state index contributed by atoms with van der Waals surface area (Å²) in [5.41, 5.74) is 6.58. The van der Waals surface area contributed by atoms with Crippen LogP contribution >= 0.6 is 23.2 Å². The molecule has 2 aromatic carbocycles. The number of primary amides is 1. The highest BCUT2D eigenvalue weighted by molar-refractivity contribution is 6.42. The van der Waals surface area contributed by atoms with Gasteiger partial charge in [-0.3, -0.25) is 9.59 Å². The van der Waals surface area contributed by atoms with Gasteiger partial charge in [-0.1, -0.05) is 53.5 Å². The van der Waals surface area contributed by atoms with E-state index in [-0.39, 0.29) is 5.02 Å². The SMILES string of the molecule is NC(=O)C(Cc1ccccc1)NC(=O)c1ccc(Cl)c(Cl)c1. The Balaban J connectivity index is 2.12. The van der Waals surface area contributed by atoms with Gasteiger partial charge in [-0.05, 0) is 23.8 Å². The number of halogens is 2. The van der Waals surface area contributed by atoms with Gasteiger partial charge in [-0.25, -0.2) is 0 Å². The minimum Gasteiger partial charge on any atom is -0.368 e. The van der Waals surface area contributed by atoms with E-state index in [0.29, 0.717) is 17.0 Å². The Morgan fingerprint density at radius 3 is 2.32 bits per heavy atom. The lowest BCUT2D eigenvalue weighted by Crippen LogP contribution is -2.45. The van der Waals surface area contributed by atoms with Gasteiger partial charge in [0.25, 0.3) is 5.91 Å². The number of carbonyl (C=O) groups is 2. The van der Waals surface area contributed by atoms with E-state index in [0.717, 1.165) is 5.56 Å². The van der Waals surface area contributed by atoms with Crippen LogP contribution in [0.5, 0.6) is 0 Å². The van der Waals surface area contributed by atoms with Gasteiger partial charge in [-0.2, -0.15) is 0 Å². The summed E-state index contributed by atoms with van der Waals surface area (Å²) in [4.78, 5) is 23.7. The first kappa shape index (κ1) is 16.3. The predicted octanol–water partition coefficient (Wildman–Crippen LogP) is 2.82. The van der Waals surface area contributed by atoms with Crippen LogP contribution in [-0.4, -0.2) is 17.9 Å². The Hall–Kier alpha value is -2.04. The second kappa shape index (κ2) is 7.29. The van der Waals surface area contributed by atoms with Crippen LogP contribution in [0.15, 0.2) is 48.5 Å². The van der Waals surface area contributed by atoms with Crippen LogP contribution in [0.1, 0.15) is 15.9 Å². The molecule has 6 heteroatoms. The molecule has 0 fully saturated rings. The van der Waals surface area contributed by atoms with Crippen molar-refractivity contribution < 1.29 is 9.59 Å². The zero-order chi connectivity index (χ0) is 16.1. The van der Waals surface area contributed by atoms with Gasteiger partial charge in [0.05, 0.1) is 10.0 Å². The van der Waals surface area contributed by atoms with Crippen LogP contribution in [0.4, 0.5) is 0 Å². The smallest absolute Gasteiger partial charge is 0.251 e. The third-order valence-electron chi connectivity index (χ3n) is 3.11. The van der Waals surface area contributed by atoms with Crippen molar-refractivity contribution in [3.8, 4) is 0 Å². The van der Waals surface area contributed by atoms with Crippen molar-refractivity contribution in [2.45, 2.75) is 12.5 Å². The van der Waals surface area contributed by atoms with Crippen LogP contribution in [-0.2, 0) is 11.2 Å². The molecule has 2 rings (SSSR count). The van der Waals surface area contributed by atoms with E-state index in [1.54, 1.807) is 0 Å². The number of carbonyl (C=O) groups excluding carboxylic acids is 2. The zero-order valence-corrected chi connectivity index (χ0v) is 13.1. The molecule has 0 saturated carbocycles. The van der Waals surface area contributed by atoms with E-state index in [4.69, 9.17) is 28.9 Å². The summed E-state index contributed by atoms with van der Waals surface area (Å²) in [6, 6.07) is 13.0. The first-order valence-corrected chi connectivity index (χ1v) is 7.32. The summed E-state index contributed by atoms with van der Waals surface area (Å²) in [6.07, 6.45) is 0.323. The summed E-state index contributed by atoms with van der Waals surface area (Å²) >= 11 is 11.7. The van der Waals surface area contributed by atoms with Crippen molar-refractivity contribution in [3.63, 3.8) is 0 Å². The molecule has 0 saturated heterocycles. The molecule has 0 spiro atoms. The maximum atomic E-state index is 12.2. The average Bonchev–Trinajstić information content (AvgIpc) is 2.50. The Labute approximate surface area is 138 Å². The van der Waals surface area contributed by atoms with E-state index in [1.165, 1.54) is 18.2 Å². The molecule has 4 nitrogen and oxygen atoms in total. The van der Waals surface area contributed by atoms with Crippen LogP contribution in [0.3, 0.4) is 0 Å². The monoisotopic (exact) mass is 336 g/mol. The van der Waals surface area contributed by atoms with Gasteiger partial charge in [-0.15, -0.1) is 0 Å². The lowest BCUT2D eigenvalue weighted by molar-refractivity contribution is -0.119. The van der Waals surface area contributed by atoms with Crippen molar-refractivity contribution in [1.29, 1.82) is 0 Å². The van der Waals surface area contributed by atoms with Crippen molar-refractivity contribution in [1.82, 2.24) is 5.32 Å². The fourth-order valence-electron chi connectivity index (χ4n) is 1.95. The molecule has 22 heavy (non-hydrogen) atoms. The van der Waals surface area contributed by atoms with Gasteiger partial charge < -0.3 is 11.1 Å². The Morgan fingerprint density at radius 2 is 1.73 bits per heavy atom. The molecule has 2 aromatic rings. The average molecular weight is 337 g/mol. The number of benzene rings is 2. The van der Waals surface area contributed by atoms with Gasteiger partial charge in [0.15, 0.2) is 0 Å². The fraction of sp³-hybridized carbons (Fsp3) is 0.125. The van der Waals surface area contributed by atoms with E-state index in [1.807, 2.05) is 30.3 Å². The van der Waals surface area contributed by atoms with E-state index < -0.39 is 17.9 Å². The topological polar surface area (TPSA) is 72.2 Å². The molecule has 114 valence electrons. The summed E-state index contributed by atoms with van der Waals surface area (Å²) in [5.74, 6) is -1.03. The summed E-state index contributed by atoms with van der Waals surface area (Å²) < 4.78 is 0. The second-order valence-corrected chi connectivity index (χ2v) is 5.56. The molecule has 0 aliphatic carbocycles. The van der Waals surface area contributed by atoms with Crippen LogP contribution in [0, 0.1) is 0 Å². The van der Waals surface area contributed by atoms with Crippen LogP contribution in [0.25, 0.3) is 0 Å². The zero-order valence-electron chi connectivity index (χ0n) is 11.6. The fourth-order valence-corrected chi connectivity index (χ4v) is 2.25. The van der Waals surface area contributed by atoms with Crippen molar-refractivity contribution >= 4 is 35.0 Å². The largest absolute Gasteiger partial charge is 0.368 e. The van der Waals surface area contributed by atoms with Gasteiger partial charge >= 0.3 is 0 Å². The summed E-state index contributed by atoms with van der Waals surface area (Å²) in [5, 5.41) is 3.24. The van der Waals surface area contributed by atoms with Crippen LogP contribution in [0.2, 0.25) is 10.0 Å². The normalized spacial score (nSPS) is 11.7. The first-order chi connectivity index (χ1) is 10.5. The molecule has 0 aliphatic rings. The number of nitrogens with two attached hydrogens (primary N) is 1. The van der Waals surface area contributed by atoms with Crippen LogP contribution < -0.4 is 11.1 Å². The van der Waals surface area contributed by atoms with E-state index in [9.17, 15) is 9.59 Å². The summed E-state index contributed by atoms with van der Waals surface area (Å²) in [7, 11) is 0. The highest BCUT2D eigenvalue weighted by Crippen LogP contribution is 2.22. The minimum atomic E-state index is -0.802. The second-order valence-electron chi connectivity index (χ2n) is 4.75. The third-order valence-corrected chi connectivity index (χ3v) is 3.85. The van der Waals surface area contributed by atoms with Crippen molar-refractivity contribution in [2.24, 2.45) is 5.73 Å². The molecule has 0 radical (unpaired) electrons. The quantitative estimate of drug-likeness (QED) is 0.881. The van der Waals surface area contributed by atoms with Crippen molar-refractivity contribution in [3.05, 3.63) is 69.7 Å². The highest BCUT2D eigenvalue weighted by Gasteiger charge is 2.19. The lowest BCUT2D eigenvalue weighted by atomic mass is 10.0. The molecule has 2 amide bonds. The molecule has 0 bridgehead atoms. The molecular weight excluding hydrogens is 323 g/mol. The third kappa shape index (κ3) is 4.23. The number of hydrogen-bond donors (Lipinski definition) is 2. The molecule has 3 N–H and O–H groups in total. The predicted molar refractivity (Wildman–Crippen MR) is 87.1 cm³/mol. The van der Waals surface area contributed by atoms with Gasteiger partial charge in [0.1, 0.15) is 6.04 Å². The molecule has 1 unspecified atom stereocenters. The first-order valence-electron chi connectivity index (χ1n) is 6.56. The number of nitrogens with one attached hydrogen (secondary N) is 1. The maximum Gasteiger partial charge on any atom is 0.251 e. The lowest BCUT2D eigenvalue weighted by Gasteiger charge is -2.16. The summed E-state index contributed by atoms with van der Waals surface area (Å²) in [6.45, 7) is 0. The Morgan fingerprint density at radius 1 is 1.05 bits per heavy atom.